The van der Waals surface area contributed by atoms with Crippen molar-refractivity contribution in [1.29, 1.82) is 0 Å². The molecule has 0 saturated heterocycles. The van der Waals surface area contributed by atoms with Gasteiger partial charge >= 0.3 is 0 Å². The van der Waals surface area contributed by atoms with E-state index in [0.29, 0.717) is 0 Å². The van der Waals surface area contributed by atoms with Crippen molar-refractivity contribution in [1.82, 2.24) is 0 Å². The molecule has 2 aromatic carbocycles. The average molecular weight is 285 g/mol. The summed E-state index contributed by atoms with van der Waals surface area (Å²) in [5, 5.41) is 3.49. The minimum absolute atomic E-state index is 0.185. The first-order valence-electron chi connectivity index (χ1n) is 7.11. The molecule has 0 amide bonds. The highest BCUT2D eigenvalue weighted by atomic mass is 16.5. The predicted octanol–water partition coefficient (Wildman–Crippen LogP) is 4.49. The number of benzene rings is 2. The average Bonchev–Trinajstić information content (AvgIpc) is 2.49. The molecule has 112 valence electrons. The van der Waals surface area contributed by atoms with Gasteiger partial charge in [-0.15, -0.1) is 0 Å². The van der Waals surface area contributed by atoms with Crippen molar-refractivity contribution in [2.45, 2.75) is 26.8 Å². The standard InChI is InChI=1S/C18H23NO2/c1-12-6-7-15(10-13(12)2)14(3)19-17-11-16(20-4)8-9-18(17)21-5/h6-11,14,19H,1-5H3. The number of hydrogen-bond acceptors (Lipinski definition) is 3. The van der Waals surface area contributed by atoms with Crippen molar-refractivity contribution in [3.8, 4) is 11.5 Å². The lowest BCUT2D eigenvalue weighted by Crippen LogP contribution is -2.08. The van der Waals surface area contributed by atoms with E-state index in [-0.39, 0.29) is 6.04 Å². The molecular formula is C18H23NO2. The van der Waals surface area contributed by atoms with E-state index in [0.717, 1.165) is 17.2 Å². The van der Waals surface area contributed by atoms with Crippen LogP contribution in [0, 0.1) is 13.8 Å². The third-order valence-electron chi connectivity index (χ3n) is 3.81. The fraction of sp³-hybridized carbons (Fsp3) is 0.333. The number of anilines is 1. The first-order chi connectivity index (χ1) is 10.0. The molecule has 1 unspecified atom stereocenters. The molecule has 0 bridgehead atoms. The molecule has 2 rings (SSSR count). The summed E-state index contributed by atoms with van der Waals surface area (Å²) in [5.74, 6) is 1.62. The highest BCUT2D eigenvalue weighted by molar-refractivity contribution is 5.60. The van der Waals surface area contributed by atoms with Gasteiger partial charge in [-0.2, -0.15) is 0 Å². The number of ether oxygens (including phenoxy) is 2. The van der Waals surface area contributed by atoms with Crippen molar-refractivity contribution in [2.75, 3.05) is 19.5 Å². The topological polar surface area (TPSA) is 30.5 Å². The van der Waals surface area contributed by atoms with E-state index >= 15 is 0 Å². The Morgan fingerprint density at radius 2 is 1.67 bits per heavy atom. The van der Waals surface area contributed by atoms with Crippen molar-refractivity contribution in [3.05, 3.63) is 53.1 Å². The van der Waals surface area contributed by atoms with Crippen LogP contribution in [0.5, 0.6) is 11.5 Å². The molecule has 21 heavy (non-hydrogen) atoms. The van der Waals surface area contributed by atoms with E-state index < -0.39 is 0 Å². The van der Waals surface area contributed by atoms with Crippen LogP contribution in [0.2, 0.25) is 0 Å². The molecular weight excluding hydrogens is 262 g/mol. The lowest BCUT2D eigenvalue weighted by Gasteiger charge is -2.19. The van der Waals surface area contributed by atoms with Gasteiger partial charge in [-0.05, 0) is 49.6 Å². The van der Waals surface area contributed by atoms with Crippen LogP contribution in [-0.4, -0.2) is 14.2 Å². The van der Waals surface area contributed by atoms with Crippen LogP contribution in [0.3, 0.4) is 0 Å². The molecule has 0 fully saturated rings. The summed E-state index contributed by atoms with van der Waals surface area (Å²) in [5.41, 5.74) is 4.80. The fourth-order valence-electron chi connectivity index (χ4n) is 2.28. The van der Waals surface area contributed by atoms with Crippen LogP contribution in [0.25, 0.3) is 0 Å². The largest absolute Gasteiger partial charge is 0.497 e. The second-order valence-electron chi connectivity index (χ2n) is 5.28. The van der Waals surface area contributed by atoms with Crippen molar-refractivity contribution >= 4 is 5.69 Å². The Morgan fingerprint density at radius 1 is 0.905 bits per heavy atom. The number of hydrogen-bond donors (Lipinski definition) is 1. The van der Waals surface area contributed by atoms with E-state index in [1.54, 1.807) is 14.2 Å². The van der Waals surface area contributed by atoms with Crippen LogP contribution in [0.4, 0.5) is 5.69 Å². The zero-order chi connectivity index (χ0) is 15.4. The summed E-state index contributed by atoms with van der Waals surface area (Å²) in [6.07, 6.45) is 0. The fourth-order valence-corrected chi connectivity index (χ4v) is 2.28. The lowest BCUT2D eigenvalue weighted by atomic mass is 10.0. The van der Waals surface area contributed by atoms with Crippen molar-refractivity contribution in [3.63, 3.8) is 0 Å². The van der Waals surface area contributed by atoms with Gasteiger partial charge in [-0.25, -0.2) is 0 Å². The molecule has 1 atom stereocenters. The predicted molar refractivity (Wildman–Crippen MR) is 87.5 cm³/mol. The van der Waals surface area contributed by atoms with Gasteiger partial charge in [-0.3, -0.25) is 0 Å². The molecule has 3 nitrogen and oxygen atoms in total. The Balaban J connectivity index is 2.25. The minimum Gasteiger partial charge on any atom is -0.497 e. The molecule has 0 aromatic heterocycles. The molecule has 0 radical (unpaired) electrons. The van der Waals surface area contributed by atoms with Gasteiger partial charge in [0.2, 0.25) is 0 Å². The van der Waals surface area contributed by atoms with Crippen LogP contribution in [0.15, 0.2) is 36.4 Å². The van der Waals surface area contributed by atoms with E-state index in [4.69, 9.17) is 9.47 Å². The Morgan fingerprint density at radius 3 is 2.29 bits per heavy atom. The molecule has 0 aliphatic carbocycles. The van der Waals surface area contributed by atoms with Gasteiger partial charge in [0.15, 0.2) is 0 Å². The number of aryl methyl sites for hydroxylation is 2. The molecule has 3 heteroatoms. The molecule has 0 spiro atoms. The summed E-state index contributed by atoms with van der Waals surface area (Å²) in [4.78, 5) is 0. The molecule has 1 N–H and O–H groups in total. The zero-order valence-electron chi connectivity index (χ0n) is 13.4. The van der Waals surface area contributed by atoms with Crippen LogP contribution >= 0.6 is 0 Å². The quantitative estimate of drug-likeness (QED) is 0.877. The first-order valence-corrected chi connectivity index (χ1v) is 7.11. The number of methoxy groups -OCH3 is 2. The number of rotatable bonds is 5. The molecule has 0 aliphatic rings. The maximum atomic E-state index is 5.41. The van der Waals surface area contributed by atoms with Crippen LogP contribution in [0.1, 0.15) is 29.7 Å². The summed E-state index contributed by atoms with van der Waals surface area (Å²) in [6.45, 7) is 6.41. The van der Waals surface area contributed by atoms with Crippen LogP contribution < -0.4 is 14.8 Å². The van der Waals surface area contributed by atoms with Gasteiger partial charge in [0, 0.05) is 12.1 Å². The van der Waals surface area contributed by atoms with E-state index in [9.17, 15) is 0 Å². The maximum Gasteiger partial charge on any atom is 0.142 e. The SMILES string of the molecule is COc1ccc(OC)c(NC(C)c2ccc(C)c(C)c2)c1. The highest BCUT2D eigenvalue weighted by Crippen LogP contribution is 2.32. The highest BCUT2D eigenvalue weighted by Gasteiger charge is 2.11. The van der Waals surface area contributed by atoms with E-state index in [1.807, 2.05) is 18.2 Å². The van der Waals surface area contributed by atoms with E-state index in [1.165, 1.54) is 16.7 Å². The second-order valence-corrected chi connectivity index (χ2v) is 5.28. The Labute approximate surface area is 126 Å². The Kier molecular flexibility index (Phi) is 4.73. The maximum absolute atomic E-state index is 5.41. The smallest absolute Gasteiger partial charge is 0.142 e. The zero-order valence-corrected chi connectivity index (χ0v) is 13.4. The summed E-state index contributed by atoms with van der Waals surface area (Å²) in [6, 6.07) is 12.5. The Hall–Kier alpha value is -2.16. The van der Waals surface area contributed by atoms with Crippen molar-refractivity contribution < 1.29 is 9.47 Å². The first kappa shape index (κ1) is 15.2. The minimum atomic E-state index is 0.185. The second kappa shape index (κ2) is 6.53. The molecule has 0 heterocycles. The van der Waals surface area contributed by atoms with Gasteiger partial charge < -0.3 is 14.8 Å². The molecule has 0 saturated carbocycles. The molecule has 2 aromatic rings. The van der Waals surface area contributed by atoms with Gasteiger partial charge in [0.1, 0.15) is 11.5 Å². The third kappa shape index (κ3) is 3.48. The monoisotopic (exact) mass is 285 g/mol. The molecule has 0 aliphatic heterocycles. The lowest BCUT2D eigenvalue weighted by molar-refractivity contribution is 0.404. The summed E-state index contributed by atoms with van der Waals surface area (Å²) < 4.78 is 10.7. The van der Waals surface area contributed by atoms with Gasteiger partial charge in [0.05, 0.1) is 19.9 Å². The third-order valence-corrected chi connectivity index (χ3v) is 3.81. The Bertz CT molecular complexity index is 623. The number of nitrogens with one attached hydrogen (secondary N) is 1. The van der Waals surface area contributed by atoms with Gasteiger partial charge in [0.25, 0.3) is 0 Å². The normalized spacial score (nSPS) is 11.9. The summed E-state index contributed by atoms with van der Waals surface area (Å²) in [7, 11) is 3.34. The van der Waals surface area contributed by atoms with Crippen molar-refractivity contribution in [2.24, 2.45) is 0 Å². The van der Waals surface area contributed by atoms with E-state index in [2.05, 4.69) is 44.3 Å². The summed E-state index contributed by atoms with van der Waals surface area (Å²) >= 11 is 0. The van der Waals surface area contributed by atoms with Gasteiger partial charge in [-0.1, -0.05) is 18.2 Å². The van der Waals surface area contributed by atoms with Crippen LogP contribution in [-0.2, 0) is 0 Å².